The van der Waals surface area contributed by atoms with Crippen molar-refractivity contribution in [1.29, 1.82) is 0 Å². The first-order chi connectivity index (χ1) is 30.6. The normalized spacial score (nSPS) is 28.3. The molecule has 0 spiro atoms. The molecule has 0 aliphatic carbocycles. The Kier molecular flexibility index (Phi) is 31.7. The lowest BCUT2D eigenvalue weighted by molar-refractivity contribution is -0.359. The van der Waals surface area contributed by atoms with Crippen molar-refractivity contribution in [2.75, 3.05) is 19.8 Å². The second-order valence-electron chi connectivity index (χ2n) is 16.1. The molecular formula is C49H81NO13. The van der Waals surface area contributed by atoms with Crippen LogP contribution in [0.3, 0.4) is 0 Å². The van der Waals surface area contributed by atoms with E-state index < -0.39 is 86.8 Å². The molecule has 12 unspecified atom stereocenters. The molecule has 2 rings (SSSR count). The van der Waals surface area contributed by atoms with E-state index in [0.717, 1.165) is 89.9 Å². The lowest BCUT2D eigenvalue weighted by atomic mass is 9.97. The highest BCUT2D eigenvalue weighted by molar-refractivity contribution is 5.76. The highest BCUT2D eigenvalue weighted by Gasteiger charge is 2.50. The first-order valence-electron chi connectivity index (χ1n) is 23.3. The Bertz CT molecular complexity index is 1380. The van der Waals surface area contributed by atoms with Crippen molar-refractivity contribution in [1.82, 2.24) is 5.32 Å². The van der Waals surface area contributed by atoms with E-state index in [2.05, 4.69) is 92.1 Å². The molecule has 2 heterocycles. The SMILES string of the molecule is CC/C=C\C/C=C\C/C=C\C/C=C\C/C=C\CCCCCCCC(=O)NC(COC1OC(CO)C(OC2OC(CO)C(O)C(O)C2O)C(O)C1O)C(O)/C=C/CC/C=C/CCCC. The number of hydrogen-bond donors (Lipinski definition) is 9. The fourth-order valence-corrected chi connectivity index (χ4v) is 6.96. The van der Waals surface area contributed by atoms with E-state index in [1.807, 2.05) is 6.08 Å². The Morgan fingerprint density at radius 2 is 1.11 bits per heavy atom. The topological polar surface area (TPSA) is 228 Å². The number of aliphatic hydroxyl groups excluding tert-OH is 8. The highest BCUT2D eigenvalue weighted by Crippen LogP contribution is 2.30. The van der Waals surface area contributed by atoms with Crippen molar-refractivity contribution in [2.24, 2.45) is 0 Å². The third-order valence-electron chi connectivity index (χ3n) is 10.8. The summed E-state index contributed by atoms with van der Waals surface area (Å²) in [6, 6.07) is -0.944. The van der Waals surface area contributed by atoms with E-state index in [1.54, 1.807) is 6.08 Å². The van der Waals surface area contributed by atoms with Gasteiger partial charge in [-0.05, 0) is 70.6 Å². The van der Waals surface area contributed by atoms with Gasteiger partial charge in [0.05, 0.1) is 32.0 Å². The Morgan fingerprint density at radius 3 is 1.75 bits per heavy atom. The van der Waals surface area contributed by atoms with Crippen molar-refractivity contribution < 1.29 is 64.6 Å². The summed E-state index contributed by atoms with van der Waals surface area (Å²) in [7, 11) is 0. The van der Waals surface area contributed by atoms with Gasteiger partial charge in [-0.2, -0.15) is 0 Å². The monoisotopic (exact) mass is 892 g/mol. The molecule has 2 saturated heterocycles. The first kappa shape index (κ1) is 56.3. The molecule has 2 aliphatic rings. The summed E-state index contributed by atoms with van der Waals surface area (Å²) in [5.74, 6) is -0.278. The molecule has 14 heteroatoms. The zero-order valence-electron chi connectivity index (χ0n) is 37.8. The van der Waals surface area contributed by atoms with Gasteiger partial charge in [-0.3, -0.25) is 4.79 Å². The Morgan fingerprint density at radius 1 is 0.587 bits per heavy atom. The second kappa shape index (κ2) is 35.4. The number of rotatable bonds is 33. The van der Waals surface area contributed by atoms with Crippen LogP contribution in [0.4, 0.5) is 0 Å². The van der Waals surface area contributed by atoms with E-state index in [0.29, 0.717) is 12.8 Å². The number of amides is 1. The van der Waals surface area contributed by atoms with Crippen LogP contribution in [0.5, 0.6) is 0 Å². The van der Waals surface area contributed by atoms with Crippen molar-refractivity contribution in [3.05, 3.63) is 85.1 Å². The lowest BCUT2D eigenvalue weighted by Crippen LogP contribution is -2.65. The van der Waals surface area contributed by atoms with Crippen LogP contribution in [0.25, 0.3) is 0 Å². The van der Waals surface area contributed by atoms with E-state index in [4.69, 9.17) is 18.9 Å². The van der Waals surface area contributed by atoms with Crippen LogP contribution in [0.2, 0.25) is 0 Å². The summed E-state index contributed by atoms with van der Waals surface area (Å²) < 4.78 is 22.5. The van der Waals surface area contributed by atoms with Gasteiger partial charge in [0.2, 0.25) is 5.91 Å². The summed E-state index contributed by atoms with van der Waals surface area (Å²) in [5.41, 5.74) is 0. The molecule has 0 radical (unpaired) electrons. The smallest absolute Gasteiger partial charge is 0.220 e. The van der Waals surface area contributed by atoms with Crippen molar-refractivity contribution >= 4 is 5.91 Å². The number of carbonyl (C=O) groups excluding carboxylic acids is 1. The van der Waals surface area contributed by atoms with Crippen LogP contribution in [-0.2, 0) is 23.7 Å². The van der Waals surface area contributed by atoms with Crippen LogP contribution < -0.4 is 5.32 Å². The summed E-state index contributed by atoms with van der Waals surface area (Å²) in [5, 5.41) is 86.3. The van der Waals surface area contributed by atoms with Gasteiger partial charge in [0.1, 0.15) is 48.8 Å². The number of allylic oxidation sites excluding steroid dienone is 13. The largest absolute Gasteiger partial charge is 0.394 e. The van der Waals surface area contributed by atoms with Crippen LogP contribution in [-0.4, -0.2) is 140 Å². The molecule has 0 aromatic heterocycles. The molecule has 0 aromatic carbocycles. The number of hydrogen-bond acceptors (Lipinski definition) is 13. The molecule has 0 bridgehead atoms. The molecule has 0 aromatic rings. The minimum absolute atomic E-state index is 0.245. The number of unbranched alkanes of at least 4 members (excludes halogenated alkanes) is 8. The highest BCUT2D eigenvalue weighted by atomic mass is 16.7. The van der Waals surface area contributed by atoms with Gasteiger partial charge >= 0.3 is 0 Å². The van der Waals surface area contributed by atoms with E-state index >= 15 is 0 Å². The predicted molar refractivity (Wildman–Crippen MR) is 244 cm³/mol. The van der Waals surface area contributed by atoms with Crippen LogP contribution >= 0.6 is 0 Å². The summed E-state index contributed by atoms with van der Waals surface area (Å²) in [4.78, 5) is 13.1. The van der Waals surface area contributed by atoms with Crippen molar-refractivity contribution in [3.63, 3.8) is 0 Å². The van der Waals surface area contributed by atoms with Crippen molar-refractivity contribution in [2.45, 2.75) is 197 Å². The fraction of sp³-hybridized carbons (Fsp3) is 0.694. The molecular weight excluding hydrogens is 811 g/mol. The zero-order valence-corrected chi connectivity index (χ0v) is 37.8. The molecule has 12 atom stereocenters. The Labute approximate surface area is 376 Å². The number of aliphatic hydroxyl groups is 8. The standard InChI is InChI=1S/C49H81NO13/c1-3-5-7-9-11-13-14-15-16-17-18-19-20-21-22-23-24-25-27-29-31-33-41(54)50-37(38(53)32-30-28-26-12-10-8-6-4-2)36-60-48-46(59)44(57)47(40(35-52)62-48)63-49-45(58)43(56)42(55)39(34-51)61-49/h5,7,10-13,15-16,18-19,21-22,30,32,37-40,42-49,51-53,55-59H,3-4,6,8-9,14,17,20,23-29,31,33-36H2,1-2H3,(H,50,54)/b7-5-,12-10+,13-11-,16-15-,19-18-,22-21-,32-30+. The van der Waals surface area contributed by atoms with Gasteiger partial charge < -0.3 is 65.1 Å². The van der Waals surface area contributed by atoms with Gasteiger partial charge in [0.15, 0.2) is 12.6 Å². The van der Waals surface area contributed by atoms with Gasteiger partial charge in [0, 0.05) is 6.42 Å². The maximum Gasteiger partial charge on any atom is 0.220 e. The van der Waals surface area contributed by atoms with Gasteiger partial charge in [-0.1, -0.05) is 131 Å². The summed E-state index contributed by atoms with van der Waals surface area (Å²) in [6.45, 7) is 2.51. The fourth-order valence-electron chi connectivity index (χ4n) is 6.96. The molecule has 63 heavy (non-hydrogen) atoms. The average molecular weight is 892 g/mol. The predicted octanol–water partition coefficient (Wildman–Crippen LogP) is 5.04. The molecule has 2 fully saturated rings. The summed E-state index contributed by atoms with van der Waals surface area (Å²) in [6.07, 6.45) is 28.0. The maximum absolute atomic E-state index is 13.1. The summed E-state index contributed by atoms with van der Waals surface area (Å²) >= 11 is 0. The minimum atomic E-state index is -1.79. The van der Waals surface area contributed by atoms with Gasteiger partial charge in [0.25, 0.3) is 0 Å². The van der Waals surface area contributed by atoms with Crippen LogP contribution in [0.1, 0.15) is 123 Å². The Balaban J connectivity index is 1.83. The number of nitrogens with one attached hydrogen (secondary N) is 1. The molecule has 0 saturated carbocycles. The third-order valence-corrected chi connectivity index (χ3v) is 10.8. The number of ether oxygens (including phenoxy) is 4. The zero-order chi connectivity index (χ0) is 46.1. The second-order valence-corrected chi connectivity index (χ2v) is 16.1. The molecule has 9 N–H and O–H groups in total. The third kappa shape index (κ3) is 23.3. The lowest BCUT2D eigenvalue weighted by Gasteiger charge is -2.46. The van der Waals surface area contributed by atoms with Gasteiger partial charge in [-0.15, -0.1) is 0 Å². The first-order valence-corrected chi connectivity index (χ1v) is 23.3. The Hall–Kier alpha value is -2.83. The molecule has 360 valence electrons. The van der Waals surface area contributed by atoms with Crippen LogP contribution in [0, 0.1) is 0 Å². The molecule has 1 amide bonds. The van der Waals surface area contributed by atoms with E-state index in [-0.39, 0.29) is 18.9 Å². The molecule has 2 aliphatic heterocycles. The van der Waals surface area contributed by atoms with E-state index in [9.17, 15) is 45.6 Å². The van der Waals surface area contributed by atoms with E-state index in [1.165, 1.54) is 0 Å². The quantitative estimate of drug-likeness (QED) is 0.0312. The van der Waals surface area contributed by atoms with Gasteiger partial charge in [-0.25, -0.2) is 0 Å². The average Bonchev–Trinajstić information content (AvgIpc) is 3.28. The number of carbonyl (C=O) groups is 1. The van der Waals surface area contributed by atoms with Crippen LogP contribution in [0.15, 0.2) is 85.1 Å². The molecule has 14 nitrogen and oxygen atoms in total. The minimum Gasteiger partial charge on any atom is -0.394 e. The maximum atomic E-state index is 13.1. The van der Waals surface area contributed by atoms with Crippen molar-refractivity contribution in [3.8, 4) is 0 Å².